The molecule has 0 aliphatic heterocycles. The minimum Gasteiger partial charge on any atom is -0.465 e. The van der Waals surface area contributed by atoms with E-state index < -0.39 is 5.97 Å². The summed E-state index contributed by atoms with van der Waals surface area (Å²) in [6.07, 6.45) is 8.43. The average Bonchev–Trinajstić information content (AvgIpc) is 2.49. The van der Waals surface area contributed by atoms with Crippen LogP contribution in [-0.2, 0) is 11.2 Å². The molecule has 0 aliphatic carbocycles. The third-order valence-corrected chi connectivity index (χ3v) is 3.69. The largest absolute Gasteiger partial charge is 0.465 e. The summed E-state index contributed by atoms with van der Waals surface area (Å²) in [4.78, 5) is 23.3. The number of hydrogen-bond acceptors (Lipinski definition) is 3. The van der Waals surface area contributed by atoms with Crippen molar-refractivity contribution in [2.45, 2.75) is 58.8 Å². The standard InChI is InChI=1S/C18H26O3/c1-4-5-6-7-8-9-10-15-11-12-16(18(20)21-3)17(13-15)14(2)19/h11-13H,4-10H2,1-3H3. The monoisotopic (exact) mass is 290 g/mol. The fourth-order valence-corrected chi connectivity index (χ4v) is 2.44. The van der Waals surface area contributed by atoms with E-state index in [-0.39, 0.29) is 5.78 Å². The van der Waals surface area contributed by atoms with E-state index in [1.54, 1.807) is 6.07 Å². The first-order chi connectivity index (χ1) is 10.1. The van der Waals surface area contributed by atoms with Gasteiger partial charge in [-0.3, -0.25) is 4.79 Å². The summed E-state index contributed by atoms with van der Waals surface area (Å²) in [5.74, 6) is -0.550. The lowest BCUT2D eigenvalue weighted by atomic mass is 9.98. The van der Waals surface area contributed by atoms with Crippen molar-refractivity contribution in [3.8, 4) is 0 Å². The zero-order chi connectivity index (χ0) is 15.7. The highest BCUT2D eigenvalue weighted by atomic mass is 16.5. The number of carbonyl (C=O) groups excluding carboxylic acids is 2. The Balaban J connectivity index is 2.62. The number of esters is 1. The fraction of sp³-hybridized carbons (Fsp3) is 0.556. The topological polar surface area (TPSA) is 43.4 Å². The molecule has 1 rings (SSSR count). The first kappa shape index (κ1) is 17.4. The third-order valence-electron chi connectivity index (χ3n) is 3.69. The lowest BCUT2D eigenvalue weighted by Gasteiger charge is -2.08. The van der Waals surface area contributed by atoms with E-state index in [0.29, 0.717) is 11.1 Å². The number of Topliss-reactive ketones (excluding diaryl/α,β-unsaturated/α-hetero) is 1. The molecule has 0 atom stereocenters. The van der Waals surface area contributed by atoms with Crippen LogP contribution in [-0.4, -0.2) is 18.9 Å². The molecule has 0 spiro atoms. The molecule has 1 aromatic rings. The minimum absolute atomic E-state index is 0.0970. The van der Waals surface area contributed by atoms with Crippen molar-refractivity contribution >= 4 is 11.8 Å². The van der Waals surface area contributed by atoms with Gasteiger partial charge in [0.2, 0.25) is 0 Å². The summed E-state index contributed by atoms with van der Waals surface area (Å²) < 4.78 is 4.71. The number of carbonyl (C=O) groups is 2. The maximum absolute atomic E-state index is 11.7. The van der Waals surface area contributed by atoms with Crippen LogP contribution in [0.5, 0.6) is 0 Å². The van der Waals surface area contributed by atoms with Crippen molar-refractivity contribution in [1.29, 1.82) is 0 Å². The molecule has 0 heterocycles. The predicted molar refractivity (Wildman–Crippen MR) is 84.9 cm³/mol. The van der Waals surface area contributed by atoms with E-state index >= 15 is 0 Å². The van der Waals surface area contributed by atoms with Gasteiger partial charge in [-0.2, -0.15) is 0 Å². The van der Waals surface area contributed by atoms with Crippen molar-refractivity contribution in [2.24, 2.45) is 0 Å². The molecule has 0 radical (unpaired) electrons. The van der Waals surface area contributed by atoms with Gasteiger partial charge in [0.1, 0.15) is 0 Å². The zero-order valence-corrected chi connectivity index (χ0v) is 13.4. The Morgan fingerprint density at radius 1 is 1.00 bits per heavy atom. The Labute approximate surface area is 127 Å². The Bertz CT molecular complexity index is 477. The summed E-state index contributed by atoms with van der Waals surface area (Å²) in [5, 5.41) is 0. The maximum Gasteiger partial charge on any atom is 0.338 e. The molecule has 0 fully saturated rings. The second-order valence-electron chi connectivity index (χ2n) is 5.45. The molecule has 21 heavy (non-hydrogen) atoms. The van der Waals surface area contributed by atoms with E-state index in [1.165, 1.54) is 46.1 Å². The zero-order valence-electron chi connectivity index (χ0n) is 13.4. The van der Waals surface area contributed by atoms with Crippen LogP contribution in [0, 0.1) is 0 Å². The molecule has 116 valence electrons. The van der Waals surface area contributed by atoms with E-state index in [4.69, 9.17) is 4.74 Å². The Morgan fingerprint density at radius 3 is 2.29 bits per heavy atom. The highest BCUT2D eigenvalue weighted by Gasteiger charge is 2.15. The van der Waals surface area contributed by atoms with E-state index in [0.717, 1.165) is 18.4 Å². The first-order valence-corrected chi connectivity index (χ1v) is 7.82. The molecule has 0 N–H and O–H groups in total. The summed E-state index contributed by atoms with van der Waals surface area (Å²) in [7, 11) is 1.33. The van der Waals surface area contributed by atoms with Crippen LogP contribution in [0.4, 0.5) is 0 Å². The predicted octanol–water partition coefficient (Wildman–Crippen LogP) is 4.58. The number of benzene rings is 1. The quantitative estimate of drug-likeness (QED) is 0.380. The van der Waals surface area contributed by atoms with Gasteiger partial charge in [0.25, 0.3) is 0 Å². The highest BCUT2D eigenvalue weighted by Crippen LogP contribution is 2.17. The van der Waals surface area contributed by atoms with Gasteiger partial charge < -0.3 is 4.74 Å². The smallest absolute Gasteiger partial charge is 0.338 e. The summed E-state index contributed by atoms with van der Waals surface area (Å²) in [6, 6.07) is 5.46. The highest BCUT2D eigenvalue weighted by molar-refractivity contribution is 6.05. The van der Waals surface area contributed by atoms with Gasteiger partial charge in [-0.15, -0.1) is 0 Å². The molecular weight excluding hydrogens is 264 g/mol. The lowest BCUT2D eigenvalue weighted by Crippen LogP contribution is -2.09. The SMILES string of the molecule is CCCCCCCCc1ccc(C(=O)OC)c(C(C)=O)c1. The van der Waals surface area contributed by atoms with Crippen LogP contribution in [0.15, 0.2) is 18.2 Å². The van der Waals surface area contributed by atoms with Crippen molar-refractivity contribution in [1.82, 2.24) is 0 Å². The molecule has 0 bridgehead atoms. The Kier molecular flexibility index (Phi) is 7.73. The van der Waals surface area contributed by atoms with Gasteiger partial charge in [-0.05, 0) is 37.5 Å². The van der Waals surface area contributed by atoms with E-state index in [2.05, 4.69) is 6.92 Å². The second kappa shape index (κ2) is 9.32. The Hall–Kier alpha value is -1.64. The fourth-order valence-electron chi connectivity index (χ4n) is 2.44. The minimum atomic E-state index is -0.452. The molecule has 0 amide bonds. The van der Waals surface area contributed by atoms with Crippen molar-refractivity contribution in [3.05, 3.63) is 34.9 Å². The molecule has 0 saturated carbocycles. The van der Waals surface area contributed by atoms with Crippen molar-refractivity contribution in [3.63, 3.8) is 0 Å². The van der Waals surface area contributed by atoms with Crippen LogP contribution >= 0.6 is 0 Å². The number of unbranched alkanes of at least 4 members (excludes halogenated alkanes) is 5. The third kappa shape index (κ3) is 5.70. The number of rotatable bonds is 9. The van der Waals surface area contributed by atoms with Crippen LogP contribution < -0.4 is 0 Å². The van der Waals surface area contributed by atoms with Crippen LogP contribution in [0.25, 0.3) is 0 Å². The van der Waals surface area contributed by atoms with E-state index in [1.807, 2.05) is 12.1 Å². The molecule has 0 aliphatic rings. The normalized spacial score (nSPS) is 10.4. The molecule has 3 nitrogen and oxygen atoms in total. The molecule has 0 aromatic heterocycles. The van der Waals surface area contributed by atoms with Crippen molar-refractivity contribution in [2.75, 3.05) is 7.11 Å². The molecule has 1 aromatic carbocycles. The molecule has 0 unspecified atom stereocenters. The number of ketones is 1. The molecule has 0 saturated heterocycles. The van der Waals surface area contributed by atoms with Gasteiger partial charge in [0, 0.05) is 5.56 Å². The van der Waals surface area contributed by atoms with Crippen LogP contribution in [0.3, 0.4) is 0 Å². The first-order valence-electron chi connectivity index (χ1n) is 7.82. The molecule has 3 heteroatoms. The molecular formula is C18H26O3. The van der Waals surface area contributed by atoms with Gasteiger partial charge in [0.15, 0.2) is 5.78 Å². The number of hydrogen-bond donors (Lipinski definition) is 0. The van der Waals surface area contributed by atoms with Crippen LogP contribution in [0.2, 0.25) is 0 Å². The Morgan fingerprint density at radius 2 is 1.67 bits per heavy atom. The van der Waals surface area contributed by atoms with Gasteiger partial charge >= 0.3 is 5.97 Å². The summed E-state index contributed by atoms with van der Waals surface area (Å²) in [6.45, 7) is 3.70. The number of aryl methyl sites for hydroxylation is 1. The summed E-state index contributed by atoms with van der Waals surface area (Å²) in [5.41, 5.74) is 1.94. The van der Waals surface area contributed by atoms with Crippen molar-refractivity contribution < 1.29 is 14.3 Å². The van der Waals surface area contributed by atoms with Crippen LogP contribution in [0.1, 0.15) is 78.7 Å². The number of ether oxygens (including phenoxy) is 1. The van der Waals surface area contributed by atoms with E-state index in [9.17, 15) is 9.59 Å². The average molecular weight is 290 g/mol. The second-order valence-corrected chi connectivity index (χ2v) is 5.45. The van der Waals surface area contributed by atoms with Gasteiger partial charge in [-0.25, -0.2) is 4.79 Å². The summed E-state index contributed by atoms with van der Waals surface area (Å²) >= 11 is 0. The van der Waals surface area contributed by atoms with Gasteiger partial charge in [0.05, 0.1) is 12.7 Å². The van der Waals surface area contributed by atoms with Gasteiger partial charge in [-0.1, -0.05) is 45.1 Å². The lowest BCUT2D eigenvalue weighted by molar-refractivity contribution is 0.0597. The number of methoxy groups -OCH3 is 1. The maximum atomic E-state index is 11.7.